The smallest absolute Gasteiger partial charge is 0.310 e. The van der Waals surface area contributed by atoms with Gasteiger partial charge in [-0.1, -0.05) is 11.3 Å². The molecule has 0 N–H and O–H groups in total. The number of hydrogen-bond donors (Lipinski definition) is 0. The van der Waals surface area contributed by atoms with Crippen LogP contribution < -0.4 is 0 Å². The molecule has 3 aromatic rings. The fourth-order valence-corrected chi connectivity index (χ4v) is 3.80. The van der Waals surface area contributed by atoms with Crippen molar-refractivity contribution in [3.05, 3.63) is 47.7 Å². The molecule has 1 aliphatic heterocycles. The van der Waals surface area contributed by atoms with Gasteiger partial charge >= 0.3 is 5.97 Å². The summed E-state index contributed by atoms with van der Waals surface area (Å²) in [5, 5.41) is 8.36. The number of esters is 1. The largest absolute Gasteiger partial charge is 0.466 e. The van der Waals surface area contributed by atoms with E-state index in [1.807, 2.05) is 37.3 Å². The molecule has 0 bridgehead atoms. The van der Waals surface area contributed by atoms with Crippen molar-refractivity contribution < 1.29 is 14.3 Å². The molecule has 1 aliphatic rings. The highest BCUT2D eigenvalue weighted by Gasteiger charge is 2.30. The number of likely N-dealkylation sites (tertiary alicyclic amines) is 1. The first-order valence-electron chi connectivity index (χ1n) is 9.82. The Morgan fingerprint density at radius 2 is 2.10 bits per heavy atom. The predicted octanol–water partition coefficient (Wildman–Crippen LogP) is 2.54. The summed E-state index contributed by atoms with van der Waals surface area (Å²) in [6.07, 6.45) is 3.22. The Balaban J connectivity index is 1.63. The summed E-state index contributed by atoms with van der Waals surface area (Å²) >= 11 is 0. The predicted molar refractivity (Wildman–Crippen MR) is 107 cm³/mol. The molecule has 1 aromatic carbocycles. The lowest BCUT2D eigenvalue weighted by molar-refractivity contribution is -0.149. The third-order valence-electron chi connectivity index (χ3n) is 5.30. The number of piperidine rings is 1. The number of hydrogen-bond acceptors (Lipinski definition) is 6. The molecule has 0 unspecified atom stereocenters. The lowest BCUT2D eigenvalue weighted by Gasteiger charge is -2.32. The highest BCUT2D eigenvalue weighted by Crippen LogP contribution is 2.24. The van der Waals surface area contributed by atoms with Gasteiger partial charge in [-0.15, -0.1) is 5.10 Å². The zero-order valence-corrected chi connectivity index (χ0v) is 16.5. The summed E-state index contributed by atoms with van der Waals surface area (Å²) < 4.78 is 6.80. The average molecular weight is 393 g/mol. The quantitative estimate of drug-likeness (QED) is 0.633. The molecule has 3 heterocycles. The minimum atomic E-state index is -0.264. The second-order valence-corrected chi connectivity index (χ2v) is 7.14. The first kappa shape index (κ1) is 19.0. The molecular weight excluding hydrogens is 370 g/mol. The Labute approximate surface area is 168 Å². The third-order valence-corrected chi connectivity index (χ3v) is 5.30. The summed E-state index contributed by atoms with van der Waals surface area (Å²) in [6.45, 7) is 5.05. The summed E-state index contributed by atoms with van der Waals surface area (Å²) in [4.78, 5) is 31.5. The van der Waals surface area contributed by atoms with E-state index in [0.29, 0.717) is 36.4 Å². The van der Waals surface area contributed by atoms with Crippen LogP contribution in [0.4, 0.5) is 0 Å². The fourth-order valence-electron chi connectivity index (χ4n) is 3.80. The van der Waals surface area contributed by atoms with Gasteiger partial charge in [0, 0.05) is 24.8 Å². The van der Waals surface area contributed by atoms with Crippen molar-refractivity contribution >= 4 is 23.0 Å². The number of benzene rings is 1. The maximum Gasteiger partial charge on any atom is 0.310 e. The van der Waals surface area contributed by atoms with Crippen molar-refractivity contribution in [1.82, 2.24) is 24.9 Å². The lowest BCUT2D eigenvalue weighted by atomic mass is 9.96. The van der Waals surface area contributed by atoms with Crippen LogP contribution in [0.5, 0.6) is 0 Å². The Bertz CT molecular complexity index is 1060. The van der Waals surface area contributed by atoms with Crippen molar-refractivity contribution in [3.8, 4) is 5.69 Å². The van der Waals surface area contributed by atoms with Gasteiger partial charge < -0.3 is 9.64 Å². The molecule has 1 atom stereocenters. The number of rotatable bonds is 4. The van der Waals surface area contributed by atoms with E-state index < -0.39 is 0 Å². The molecule has 0 radical (unpaired) electrons. The molecule has 29 heavy (non-hydrogen) atoms. The zero-order valence-electron chi connectivity index (χ0n) is 16.5. The molecule has 1 saturated heterocycles. The summed E-state index contributed by atoms with van der Waals surface area (Å²) in [5.41, 5.74) is 3.48. The Morgan fingerprint density at radius 1 is 1.24 bits per heavy atom. The number of pyridine rings is 1. The van der Waals surface area contributed by atoms with Crippen molar-refractivity contribution in [3.63, 3.8) is 0 Å². The monoisotopic (exact) mass is 393 g/mol. The minimum Gasteiger partial charge on any atom is -0.466 e. The van der Waals surface area contributed by atoms with Gasteiger partial charge in [0.2, 0.25) is 0 Å². The number of nitrogens with zero attached hydrogens (tertiary/aromatic N) is 5. The van der Waals surface area contributed by atoms with Gasteiger partial charge in [-0.3, -0.25) is 9.59 Å². The van der Waals surface area contributed by atoms with Crippen LogP contribution in [-0.4, -0.2) is 56.5 Å². The van der Waals surface area contributed by atoms with Crippen LogP contribution in [0.15, 0.2) is 36.5 Å². The van der Waals surface area contributed by atoms with Crippen LogP contribution in [0.1, 0.15) is 35.7 Å². The number of amides is 1. The fraction of sp³-hybridized carbons (Fsp3) is 0.381. The average Bonchev–Trinajstić information content (AvgIpc) is 3.18. The van der Waals surface area contributed by atoms with Crippen molar-refractivity contribution in [2.24, 2.45) is 5.92 Å². The number of carbonyl (C=O) groups is 2. The Morgan fingerprint density at radius 3 is 2.93 bits per heavy atom. The summed E-state index contributed by atoms with van der Waals surface area (Å²) in [7, 11) is 0. The summed E-state index contributed by atoms with van der Waals surface area (Å²) in [6, 6.07) is 9.19. The van der Waals surface area contributed by atoms with Crippen LogP contribution in [0.25, 0.3) is 16.9 Å². The Kier molecular flexibility index (Phi) is 5.24. The number of fused-ring (bicyclic) bond motifs is 1. The van der Waals surface area contributed by atoms with E-state index in [2.05, 4.69) is 15.3 Å². The molecule has 1 fully saturated rings. The van der Waals surface area contributed by atoms with E-state index in [9.17, 15) is 9.59 Å². The minimum absolute atomic E-state index is 0.0873. The molecule has 0 saturated carbocycles. The molecule has 0 aliphatic carbocycles. The van der Waals surface area contributed by atoms with E-state index in [1.54, 1.807) is 22.7 Å². The molecule has 150 valence electrons. The third kappa shape index (κ3) is 3.57. The zero-order chi connectivity index (χ0) is 20.4. The first-order valence-corrected chi connectivity index (χ1v) is 9.82. The van der Waals surface area contributed by atoms with Crippen molar-refractivity contribution in [2.45, 2.75) is 26.7 Å². The van der Waals surface area contributed by atoms with Crippen LogP contribution in [0.2, 0.25) is 0 Å². The molecule has 2 aromatic heterocycles. The summed E-state index contributed by atoms with van der Waals surface area (Å²) in [5.74, 6) is -0.578. The van der Waals surface area contributed by atoms with Crippen molar-refractivity contribution in [2.75, 3.05) is 19.7 Å². The maximum absolute atomic E-state index is 13.2. The van der Waals surface area contributed by atoms with Crippen LogP contribution in [-0.2, 0) is 9.53 Å². The maximum atomic E-state index is 13.2. The SMILES string of the molecule is CCOC(=O)[C@@H]1CCCN(C(=O)c2cccc(-n3nnc4cccnc43)c2C)C1. The van der Waals surface area contributed by atoms with E-state index >= 15 is 0 Å². The lowest BCUT2D eigenvalue weighted by Crippen LogP contribution is -2.43. The normalized spacial score (nSPS) is 16.8. The van der Waals surface area contributed by atoms with Crippen molar-refractivity contribution in [1.29, 1.82) is 0 Å². The topological polar surface area (TPSA) is 90.2 Å². The molecule has 1 amide bonds. The van der Waals surface area contributed by atoms with Gasteiger partial charge in [0.25, 0.3) is 5.91 Å². The van der Waals surface area contributed by atoms with E-state index in [0.717, 1.165) is 24.1 Å². The van der Waals surface area contributed by atoms with Crippen LogP contribution in [0.3, 0.4) is 0 Å². The first-order chi connectivity index (χ1) is 14.1. The molecule has 8 nitrogen and oxygen atoms in total. The van der Waals surface area contributed by atoms with Crippen LogP contribution >= 0.6 is 0 Å². The van der Waals surface area contributed by atoms with E-state index in [4.69, 9.17) is 4.74 Å². The number of ether oxygens (including phenoxy) is 1. The molecule has 4 rings (SSSR count). The van der Waals surface area contributed by atoms with E-state index in [1.165, 1.54) is 0 Å². The van der Waals surface area contributed by atoms with Gasteiger partial charge in [0.05, 0.1) is 18.2 Å². The molecule has 0 spiro atoms. The van der Waals surface area contributed by atoms with Gasteiger partial charge in [-0.25, -0.2) is 4.98 Å². The van der Waals surface area contributed by atoms with Gasteiger partial charge in [0.15, 0.2) is 5.65 Å². The van der Waals surface area contributed by atoms with Gasteiger partial charge in [0.1, 0.15) is 5.52 Å². The molecule has 8 heteroatoms. The van der Waals surface area contributed by atoms with Gasteiger partial charge in [-0.05, 0) is 56.5 Å². The Hall–Kier alpha value is -3.29. The molecular formula is C21H23N5O3. The van der Waals surface area contributed by atoms with E-state index in [-0.39, 0.29) is 17.8 Å². The second kappa shape index (κ2) is 7.98. The highest BCUT2D eigenvalue weighted by atomic mass is 16.5. The second-order valence-electron chi connectivity index (χ2n) is 7.14. The van der Waals surface area contributed by atoms with Crippen LogP contribution in [0, 0.1) is 12.8 Å². The number of carbonyl (C=O) groups excluding carboxylic acids is 2. The standard InChI is InChI=1S/C21H23N5O3/c1-3-29-21(28)15-7-6-12-25(13-15)20(27)16-8-4-10-18(14(16)2)26-19-17(23-24-26)9-5-11-22-19/h4-5,8-11,15H,3,6-7,12-13H2,1-2H3/t15-/m1/s1. The number of aromatic nitrogens is 4. The highest BCUT2D eigenvalue weighted by molar-refractivity contribution is 5.97. The van der Waals surface area contributed by atoms with Gasteiger partial charge in [-0.2, -0.15) is 4.68 Å².